The topological polar surface area (TPSA) is 84.0 Å². The molecule has 0 fully saturated rings. The highest BCUT2D eigenvalue weighted by Crippen LogP contribution is 2.31. The van der Waals surface area contributed by atoms with Crippen LogP contribution in [0.3, 0.4) is 0 Å². The molecule has 2 aromatic heterocycles. The maximum absolute atomic E-state index is 12.4. The van der Waals surface area contributed by atoms with Crippen LogP contribution in [0.25, 0.3) is 11.3 Å². The second kappa shape index (κ2) is 6.62. The quantitative estimate of drug-likeness (QED) is 0.714. The first-order valence-electron chi connectivity index (χ1n) is 8.13. The van der Waals surface area contributed by atoms with E-state index in [1.165, 1.54) is 22.7 Å². The fourth-order valence-electron chi connectivity index (χ4n) is 2.90. The Morgan fingerprint density at radius 3 is 2.85 bits per heavy atom. The number of hydrogen-bond acceptors (Lipinski definition) is 6. The molecule has 1 aliphatic rings. The number of nitrogens with one attached hydrogen (secondary N) is 2. The number of rotatable bonds is 3. The largest absolute Gasteiger partial charge is 0.326 e. The number of nitrogens with zero attached hydrogens (tertiary/aromatic N) is 2. The molecule has 0 unspecified atom stereocenters. The van der Waals surface area contributed by atoms with Crippen molar-refractivity contribution >= 4 is 45.3 Å². The minimum atomic E-state index is -0.179. The van der Waals surface area contributed by atoms with Crippen LogP contribution < -0.4 is 10.6 Å². The summed E-state index contributed by atoms with van der Waals surface area (Å²) in [6, 6.07) is 5.89. The summed E-state index contributed by atoms with van der Waals surface area (Å²) in [6.45, 7) is 3.71. The van der Waals surface area contributed by atoms with Gasteiger partial charge in [0.1, 0.15) is 4.88 Å². The molecular weight excluding hydrogens is 368 g/mol. The zero-order chi connectivity index (χ0) is 18.3. The van der Waals surface area contributed by atoms with Crippen LogP contribution in [-0.2, 0) is 11.2 Å². The molecule has 3 aromatic rings. The number of fused-ring (bicyclic) bond motifs is 1. The Morgan fingerprint density at radius 2 is 2.08 bits per heavy atom. The molecule has 0 bridgehead atoms. The smallest absolute Gasteiger partial charge is 0.269 e. The number of benzene rings is 1. The van der Waals surface area contributed by atoms with Gasteiger partial charge < -0.3 is 5.32 Å². The molecule has 132 valence electrons. The van der Waals surface area contributed by atoms with E-state index in [9.17, 15) is 9.59 Å². The van der Waals surface area contributed by atoms with Crippen molar-refractivity contribution in [2.75, 3.05) is 10.6 Å². The summed E-state index contributed by atoms with van der Waals surface area (Å²) in [7, 11) is 0. The van der Waals surface area contributed by atoms with Gasteiger partial charge in [0.2, 0.25) is 5.91 Å². The highest BCUT2D eigenvalue weighted by molar-refractivity contribution is 7.15. The van der Waals surface area contributed by atoms with E-state index < -0.39 is 0 Å². The summed E-state index contributed by atoms with van der Waals surface area (Å²) in [5, 5.41) is 9.08. The average Bonchev–Trinajstić information content (AvgIpc) is 3.20. The van der Waals surface area contributed by atoms with Crippen LogP contribution >= 0.6 is 22.7 Å². The molecule has 2 amide bonds. The lowest BCUT2D eigenvalue weighted by Crippen LogP contribution is -2.18. The Bertz CT molecular complexity index is 1020. The van der Waals surface area contributed by atoms with Gasteiger partial charge in [-0.25, -0.2) is 9.97 Å². The predicted molar refractivity (Wildman–Crippen MR) is 104 cm³/mol. The standard InChI is InChI=1S/C18H16N4O2S2/c1-9-16(26-10(2)19-9)17(24)22-18-21-14(8-25-18)12-3-5-13-11(7-12)4-6-15(23)20-13/h3,5,7-8H,4,6H2,1-2H3,(H,20,23)(H,21,22,24). The predicted octanol–water partition coefficient (Wildman–Crippen LogP) is 4.02. The molecule has 0 saturated heterocycles. The van der Waals surface area contributed by atoms with E-state index in [-0.39, 0.29) is 11.8 Å². The lowest BCUT2D eigenvalue weighted by atomic mass is 9.99. The highest BCUT2D eigenvalue weighted by atomic mass is 32.1. The molecule has 3 heterocycles. The van der Waals surface area contributed by atoms with Crippen molar-refractivity contribution < 1.29 is 9.59 Å². The number of aryl methyl sites for hydroxylation is 3. The summed E-state index contributed by atoms with van der Waals surface area (Å²) < 4.78 is 0. The molecule has 8 heteroatoms. The molecule has 0 spiro atoms. The number of aromatic nitrogens is 2. The SMILES string of the molecule is Cc1nc(C)c(C(=O)Nc2nc(-c3ccc4c(c3)CCC(=O)N4)cs2)s1. The highest BCUT2D eigenvalue weighted by Gasteiger charge is 2.18. The maximum atomic E-state index is 12.4. The number of carbonyl (C=O) groups is 2. The normalized spacial score (nSPS) is 13.2. The van der Waals surface area contributed by atoms with Crippen molar-refractivity contribution in [3.63, 3.8) is 0 Å². The van der Waals surface area contributed by atoms with Gasteiger partial charge in [-0.1, -0.05) is 6.07 Å². The molecule has 1 aliphatic heterocycles. The molecule has 26 heavy (non-hydrogen) atoms. The average molecular weight is 384 g/mol. The van der Waals surface area contributed by atoms with E-state index in [0.717, 1.165) is 39.6 Å². The Kier molecular flexibility index (Phi) is 4.29. The van der Waals surface area contributed by atoms with Crippen LogP contribution in [0.1, 0.15) is 32.4 Å². The van der Waals surface area contributed by atoms with Crippen molar-refractivity contribution in [2.45, 2.75) is 26.7 Å². The Morgan fingerprint density at radius 1 is 1.23 bits per heavy atom. The van der Waals surface area contributed by atoms with Gasteiger partial charge in [0.25, 0.3) is 5.91 Å². The zero-order valence-electron chi connectivity index (χ0n) is 14.3. The molecule has 4 rings (SSSR count). The fraction of sp³-hybridized carbons (Fsp3) is 0.222. The summed E-state index contributed by atoms with van der Waals surface area (Å²) in [6.07, 6.45) is 1.23. The number of amides is 2. The maximum Gasteiger partial charge on any atom is 0.269 e. The summed E-state index contributed by atoms with van der Waals surface area (Å²) >= 11 is 2.77. The van der Waals surface area contributed by atoms with Gasteiger partial charge in [0.15, 0.2) is 5.13 Å². The fourth-order valence-corrected chi connectivity index (χ4v) is 4.43. The van der Waals surface area contributed by atoms with Crippen molar-refractivity contribution in [3.8, 4) is 11.3 Å². The van der Waals surface area contributed by atoms with E-state index in [1.807, 2.05) is 37.4 Å². The zero-order valence-corrected chi connectivity index (χ0v) is 15.9. The molecule has 2 N–H and O–H groups in total. The molecule has 0 aliphatic carbocycles. The monoisotopic (exact) mass is 384 g/mol. The summed E-state index contributed by atoms with van der Waals surface area (Å²) in [4.78, 5) is 33.3. The van der Waals surface area contributed by atoms with E-state index in [0.29, 0.717) is 16.4 Å². The molecule has 6 nitrogen and oxygen atoms in total. The Labute approximate surface area is 158 Å². The molecular formula is C18H16N4O2S2. The van der Waals surface area contributed by atoms with Gasteiger partial charge >= 0.3 is 0 Å². The Hall–Kier alpha value is -2.58. The van der Waals surface area contributed by atoms with E-state index in [2.05, 4.69) is 20.6 Å². The van der Waals surface area contributed by atoms with Crippen LogP contribution in [0.2, 0.25) is 0 Å². The lowest BCUT2D eigenvalue weighted by molar-refractivity contribution is -0.116. The Balaban J connectivity index is 1.54. The third-order valence-corrected chi connectivity index (χ3v) is 5.96. The van der Waals surface area contributed by atoms with Crippen LogP contribution in [0.5, 0.6) is 0 Å². The van der Waals surface area contributed by atoms with Crippen molar-refractivity contribution in [3.05, 3.63) is 44.7 Å². The van der Waals surface area contributed by atoms with E-state index in [1.54, 1.807) is 0 Å². The molecule has 1 aromatic carbocycles. The minimum Gasteiger partial charge on any atom is -0.326 e. The van der Waals surface area contributed by atoms with Gasteiger partial charge in [0, 0.05) is 23.1 Å². The number of hydrogen-bond donors (Lipinski definition) is 2. The number of thiazole rings is 2. The summed E-state index contributed by atoms with van der Waals surface area (Å²) in [5.74, 6) is -0.125. The van der Waals surface area contributed by atoms with E-state index in [4.69, 9.17) is 0 Å². The van der Waals surface area contributed by atoms with E-state index >= 15 is 0 Å². The van der Waals surface area contributed by atoms with Gasteiger partial charge in [-0.3, -0.25) is 14.9 Å². The van der Waals surface area contributed by atoms with Gasteiger partial charge in [-0.15, -0.1) is 22.7 Å². The molecule has 0 atom stereocenters. The summed E-state index contributed by atoms with van der Waals surface area (Å²) in [5.41, 5.74) is 4.49. The van der Waals surface area contributed by atoms with Crippen LogP contribution in [0.4, 0.5) is 10.8 Å². The van der Waals surface area contributed by atoms with Gasteiger partial charge in [-0.05, 0) is 38.0 Å². The van der Waals surface area contributed by atoms with Crippen LogP contribution in [0.15, 0.2) is 23.6 Å². The first-order chi connectivity index (χ1) is 12.5. The second-order valence-electron chi connectivity index (χ2n) is 6.06. The van der Waals surface area contributed by atoms with Gasteiger partial charge in [0.05, 0.1) is 16.4 Å². The third kappa shape index (κ3) is 3.25. The van der Waals surface area contributed by atoms with Crippen molar-refractivity contribution in [2.24, 2.45) is 0 Å². The molecule has 0 saturated carbocycles. The van der Waals surface area contributed by atoms with Crippen molar-refractivity contribution in [1.29, 1.82) is 0 Å². The third-order valence-electron chi connectivity index (χ3n) is 4.13. The minimum absolute atomic E-state index is 0.0532. The van der Waals surface area contributed by atoms with Crippen LogP contribution in [0, 0.1) is 13.8 Å². The molecule has 0 radical (unpaired) electrons. The number of carbonyl (C=O) groups excluding carboxylic acids is 2. The lowest BCUT2D eigenvalue weighted by Gasteiger charge is -2.17. The van der Waals surface area contributed by atoms with Gasteiger partial charge in [-0.2, -0.15) is 0 Å². The first-order valence-corrected chi connectivity index (χ1v) is 9.83. The van der Waals surface area contributed by atoms with Crippen LogP contribution in [-0.4, -0.2) is 21.8 Å². The van der Waals surface area contributed by atoms with Crippen molar-refractivity contribution in [1.82, 2.24) is 9.97 Å². The number of anilines is 2. The second-order valence-corrected chi connectivity index (χ2v) is 8.12. The first kappa shape index (κ1) is 16.9.